The second-order valence-corrected chi connectivity index (χ2v) is 8.16. The lowest BCUT2D eigenvalue weighted by atomic mass is 10.2. The van der Waals surface area contributed by atoms with Gasteiger partial charge in [0, 0.05) is 5.69 Å². The molecule has 6 nitrogen and oxygen atoms in total. The Labute approximate surface area is 150 Å². The third kappa shape index (κ3) is 4.32. The van der Waals surface area contributed by atoms with Gasteiger partial charge in [0.1, 0.15) is 17.7 Å². The molecule has 2 aromatic rings. The average molecular weight is 379 g/mol. The van der Waals surface area contributed by atoms with E-state index in [0.717, 1.165) is 12.1 Å². The van der Waals surface area contributed by atoms with Gasteiger partial charge in [-0.15, -0.1) is 0 Å². The lowest BCUT2D eigenvalue weighted by molar-refractivity contribution is 0.0336. The topological polar surface area (TPSA) is 81.7 Å². The average Bonchev–Trinajstić information content (AvgIpc) is 2.89. The fraction of sp³-hybridized carbons (Fsp3) is 0.278. The minimum atomic E-state index is -3.34. The zero-order chi connectivity index (χ0) is 18.7. The lowest BCUT2D eigenvalue weighted by Crippen LogP contribution is -2.35. The number of ether oxygens (including phenoxy) is 2. The van der Waals surface area contributed by atoms with Crippen molar-refractivity contribution in [3.8, 4) is 5.75 Å². The molecule has 1 fully saturated rings. The Bertz CT molecular complexity index is 881. The molecule has 1 aliphatic rings. The minimum Gasteiger partial charge on any atom is -0.497 e. The van der Waals surface area contributed by atoms with E-state index in [1.54, 1.807) is 31.4 Å². The Morgan fingerprint density at radius 2 is 1.73 bits per heavy atom. The first-order valence-corrected chi connectivity index (χ1v) is 9.76. The van der Waals surface area contributed by atoms with Gasteiger partial charge in [0.15, 0.2) is 9.84 Å². The van der Waals surface area contributed by atoms with Crippen molar-refractivity contribution in [1.29, 1.82) is 0 Å². The summed E-state index contributed by atoms with van der Waals surface area (Å²) in [4.78, 5) is 12.2. The van der Waals surface area contributed by atoms with Gasteiger partial charge in [-0.3, -0.25) is 0 Å². The number of halogens is 1. The standard InChI is InChI=1S/C18H18FNO5S/c1-24-15-8-6-14(7-9-15)20-16-10-26(22,23)11-17(16)25-18(21)12-2-4-13(19)5-3-12/h2-9,16-17,20H,10-11H2,1H3/t16-,17-/m0/s1. The number of anilines is 1. The fourth-order valence-corrected chi connectivity index (χ4v) is 4.54. The van der Waals surface area contributed by atoms with E-state index in [0.29, 0.717) is 11.4 Å². The molecule has 2 aromatic carbocycles. The van der Waals surface area contributed by atoms with Crippen LogP contribution in [0, 0.1) is 5.82 Å². The lowest BCUT2D eigenvalue weighted by Gasteiger charge is -2.21. The summed E-state index contributed by atoms with van der Waals surface area (Å²) in [5.41, 5.74) is 0.856. The highest BCUT2D eigenvalue weighted by molar-refractivity contribution is 7.91. The third-order valence-electron chi connectivity index (χ3n) is 4.08. The largest absolute Gasteiger partial charge is 0.497 e. The molecule has 0 saturated carbocycles. The summed E-state index contributed by atoms with van der Waals surface area (Å²) < 4.78 is 47.4. The molecule has 0 bridgehead atoms. The zero-order valence-corrected chi connectivity index (χ0v) is 14.8. The van der Waals surface area contributed by atoms with E-state index in [9.17, 15) is 17.6 Å². The van der Waals surface area contributed by atoms with Crippen LogP contribution < -0.4 is 10.1 Å². The molecule has 3 rings (SSSR count). The molecule has 0 radical (unpaired) electrons. The Balaban J connectivity index is 1.73. The number of esters is 1. The van der Waals surface area contributed by atoms with Crippen LogP contribution in [0.2, 0.25) is 0 Å². The quantitative estimate of drug-likeness (QED) is 0.803. The molecule has 26 heavy (non-hydrogen) atoms. The molecule has 0 aromatic heterocycles. The van der Waals surface area contributed by atoms with Crippen LogP contribution in [0.15, 0.2) is 48.5 Å². The van der Waals surface area contributed by atoms with Gasteiger partial charge >= 0.3 is 5.97 Å². The second kappa shape index (κ2) is 7.33. The van der Waals surface area contributed by atoms with Crippen molar-refractivity contribution in [1.82, 2.24) is 0 Å². The number of rotatable bonds is 5. The first-order valence-electron chi connectivity index (χ1n) is 7.94. The monoisotopic (exact) mass is 379 g/mol. The number of methoxy groups -OCH3 is 1. The fourth-order valence-electron chi connectivity index (χ4n) is 2.76. The molecule has 1 aliphatic heterocycles. The number of carbonyl (C=O) groups excluding carboxylic acids is 1. The summed E-state index contributed by atoms with van der Waals surface area (Å²) in [6, 6.07) is 11.3. The molecule has 1 saturated heterocycles. The Morgan fingerprint density at radius 1 is 1.08 bits per heavy atom. The Hall–Kier alpha value is -2.61. The van der Waals surface area contributed by atoms with Crippen molar-refractivity contribution in [3.05, 3.63) is 59.9 Å². The van der Waals surface area contributed by atoms with E-state index in [2.05, 4.69) is 5.32 Å². The SMILES string of the molecule is COc1ccc(N[C@H]2CS(=O)(=O)C[C@@H]2OC(=O)c2ccc(F)cc2)cc1. The molecule has 1 heterocycles. The molecular formula is C18H18FNO5S. The maximum absolute atomic E-state index is 13.0. The molecule has 2 atom stereocenters. The van der Waals surface area contributed by atoms with Gasteiger partial charge in [0.2, 0.25) is 0 Å². The maximum atomic E-state index is 13.0. The normalized spacial score (nSPS) is 21.2. The van der Waals surface area contributed by atoms with Crippen molar-refractivity contribution >= 4 is 21.5 Å². The van der Waals surface area contributed by atoms with Crippen LogP contribution in [0.25, 0.3) is 0 Å². The van der Waals surface area contributed by atoms with Crippen LogP contribution in [-0.4, -0.2) is 45.1 Å². The van der Waals surface area contributed by atoms with Gasteiger partial charge in [-0.1, -0.05) is 0 Å². The number of hydrogen-bond donors (Lipinski definition) is 1. The molecule has 8 heteroatoms. The maximum Gasteiger partial charge on any atom is 0.338 e. The highest BCUT2D eigenvalue weighted by atomic mass is 32.2. The number of nitrogens with one attached hydrogen (secondary N) is 1. The second-order valence-electron chi connectivity index (χ2n) is 6.01. The van der Waals surface area contributed by atoms with Gasteiger partial charge in [-0.2, -0.15) is 0 Å². The number of benzene rings is 2. The van der Waals surface area contributed by atoms with Crippen LogP contribution in [0.3, 0.4) is 0 Å². The van der Waals surface area contributed by atoms with Crippen LogP contribution in [-0.2, 0) is 14.6 Å². The van der Waals surface area contributed by atoms with E-state index in [-0.39, 0.29) is 17.1 Å². The first-order chi connectivity index (χ1) is 12.4. The molecule has 0 amide bonds. The summed E-state index contributed by atoms with van der Waals surface area (Å²) in [5, 5.41) is 3.09. The van der Waals surface area contributed by atoms with Crippen molar-refractivity contribution in [3.63, 3.8) is 0 Å². The Kier molecular flexibility index (Phi) is 5.13. The van der Waals surface area contributed by atoms with E-state index in [1.807, 2.05) is 0 Å². The molecule has 1 N–H and O–H groups in total. The molecule has 0 spiro atoms. The van der Waals surface area contributed by atoms with E-state index < -0.39 is 33.8 Å². The third-order valence-corrected chi connectivity index (χ3v) is 5.78. The van der Waals surface area contributed by atoms with E-state index in [1.165, 1.54) is 12.1 Å². The van der Waals surface area contributed by atoms with E-state index in [4.69, 9.17) is 9.47 Å². The summed E-state index contributed by atoms with van der Waals surface area (Å²) in [7, 11) is -1.78. The highest BCUT2D eigenvalue weighted by Crippen LogP contribution is 2.23. The van der Waals surface area contributed by atoms with Crippen molar-refractivity contribution in [2.75, 3.05) is 23.9 Å². The van der Waals surface area contributed by atoms with Gasteiger partial charge < -0.3 is 14.8 Å². The van der Waals surface area contributed by atoms with Gasteiger partial charge in [0.05, 0.1) is 30.2 Å². The number of hydrogen-bond acceptors (Lipinski definition) is 6. The molecule has 0 unspecified atom stereocenters. The van der Waals surface area contributed by atoms with Gasteiger partial charge in [-0.25, -0.2) is 17.6 Å². The van der Waals surface area contributed by atoms with Crippen molar-refractivity contribution < 1.29 is 27.1 Å². The van der Waals surface area contributed by atoms with Crippen LogP contribution in [0.4, 0.5) is 10.1 Å². The van der Waals surface area contributed by atoms with Crippen LogP contribution in [0.5, 0.6) is 5.75 Å². The predicted molar refractivity (Wildman–Crippen MR) is 94.7 cm³/mol. The zero-order valence-electron chi connectivity index (χ0n) is 14.0. The summed E-state index contributed by atoms with van der Waals surface area (Å²) in [5.74, 6) is -0.875. The highest BCUT2D eigenvalue weighted by Gasteiger charge is 2.40. The van der Waals surface area contributed by atoms with Crippen molar-refractivity contribution in [2.24, 2.45) is 0 Å². The van der Waals surface area contributed by atoms with Gasteiger partial charge in [0.25, 0.3) is 0 Å². The van der Waals surface area contributed by atoms with Gasteiger partial charge in [-0.05, 0) is 48.5 Å². The smallest absolute Gasteiger partial charge is 0.338 e. The van der Waals surface area contributed by atoms with Crippen LogP contribution >= 0.6 is 0 Å². The summed E-state index contributed by atoms with van der Waals surface area (Å²) in [6.45, 7) is 0. The Morgan fingerprint density at radius 3 is 2.35 bits per heavy atom. The molecular weight excluding hydrogens is 361 g/mol. The summed E-state index contributed by atoms with van der Waals surface area (Å²) in [6.07, 6.45) is -0.834. The van der Waals surface area contributed by atoms with Crippen molar-refractivity contribution in [2.45, 2.75) is 12.1 Å². The van der Waals surface area contributed by atoms with Crippen LogP contribution in [0.1, 0.15) is 10.4 Å². The van der Waals surface area contributed by atoms with E-state index >= 15 is 0 Å². The molecule has 0 aliphatic carbocycles. The predicted octanol–water partition coefficient (Wildman–Crippen LogP) is 2.27. The molecule has 138 valence electrons. The number of carbonyl (C=O) groups is 1. The minimum absolute atomic E-state index is 0.138. The summed E-state index contributed by atoms with van der Waals surface area (Å²) >= 11 is 0. The first kappa shape index (κ1) is 18.2. The number of sulfone groups is 1.